The highest BCUT2D eigenvalue weighted by atomic mass is 127. The summed E-state index contributed by atoms with van der Waals surface area (Å²) < 4.78 is 7.01. The molecular weight excluding hydrogens is 363 g/mol. The van der Waals surface area contributed by atoms with Crippen LogP contribution in [0.3, 0.4) is 0 Å². The van der Waals surface area contributed by atoms with Crippen molar-refractivity contribution in [2.24, 2.45) is 5.84 Å². The van der Waals surface area contributed by atoms with Gasteiger partial charge in [-0.05, 0) is 52.8 Å². The molecule has 4 heteroatoms. The molecule has 2 rings (SSSR count). The van der Waals surface area contributed by atoms with E-state index < -0.39 is 0 Å². The molecule has 0 amide bonds. The lowest BCUT2D eigenvalue weighted by molar-refractivity contribution is 0.311. The van der Waals surface area contributed by atoms with Gasteiger partial charge in [-0.2, -0.15) is 0 Å². The predicted molar refractivity (Wildman–Crippen MR) is 90.6 cm³/mol. The minimum atomic E-state index is -0.0715. The van der Waals surface area contributed by atoms with Crippen molar-refractivity contribution in [1.82, 2.24) is 5.43 Å². The van der Waals surface area contributed by atoms with Crippen LogP contribution in [0, 0.1) is 3.57 Å². The fraction of sp³-hybridized carbons (Fsp3) is 0.250. The smallest absolute Gasteiger partial charge is 0.124 e. The second kappa shape index (κ2) is 7.61. The van der Waals surface area contributed by atoms with Crippen molar-refractivity contribution < 1.29 is 4.74 Å². The van der Waals surface area contributed by atoms with E-state index in [0.29, 0.717) is 6.61 Å². The molecule has 0 spiro atoms. The van der Waals surface area contributed by atoms with Crippen LogP contribution in [-0.2, 0) is 0 Å². The van der Waals surface area contributed by atoms with E-state index in [9.17, 15) is 0 Å². The number of para-hydroxylation sites is 1. The Bertz CT molecular complexity index is 560. The van der Waals surface area contributed by atoms with Gasteiger partial charge in [0.15, 0.2) is 0 Å². The average Bonchev–Trinajstić information content (AvgIpc) is 2.47. The lowest BCUT2D eigenvalue weighted by atomic mass is 9.98. The second-order valence-corrected chi connectivity index (χ2v) is 5.79. The molecule has 3 N–H and O–H groups in total. The lowest BCUT2D eigenvalue weighted by Gasteiger charge is -2.20. The Morgan fingerprint density at radius 1 is 1.20 bits per heavy atom. The molecule has 20 heavy (non-hydrogen) atoms. The first kappa shape index (κ1) is 15.3. The van der Waals surface area contributed by atoms with E-state index in [1.165, 1.54) is 3.57 Å². The van der Waals surface area contributed by atoms with Crippen LogP contribution in [0.1, 0.15) is 30.5 Å². The summed E-state index contributed by atoms with van der Waals surface area (Å²) in [6, 6.07) is 16.3. The van der Waals surface area contributed by atoms with Gasteiger partial charge >= 0.3 is 0 Å². The van der Waals surface area contributed by atoms with Crippen LogP contribution in [-0.4, -0.2) is 6.61 Å². The average molecular weight is 382 g/mol. The molecule has 0 radical (unpaired) electrons. The molecule has 1 atom stereocenters. The monoisotopic (exact) mass is 382 g/mol. The highest BCUT2D eigenvalue weighted by molar-refractivity contribution is 14.1. The molecule has 0 fully saturated rings. The number of hydrogen-bond acceptors (Lipinski definition) is 3. The van der Waals surface area contributed by atoms with Crippen LogP contribution < -0.4 is 16.0 Å². The lowest BCUT2D eigenvalue weighted by Crippen LogP contribution is -2.29. The van der Waals surface area contributed by atoms with E-state index in [2.05, 4.69) is 59.2 Å². The van der Waals surface area contributed by atoms with Gasteiger partial charge in [-0.15, -0.1) is 0 Å². The molecule has 0 aliphatic rings. The summed E-state index contributed by atoms with van der Waals surface area (Å²) in [5.74, 6) is 6.66. The van der Waals surface area contributed by atoms with E-state index in [4.69, 9.17) is 10.6 Å². The largest absolute Gasteiger partial charge is 0.493 e. The molecule has 0 aromatic heterocycles. The zero-order chi connectivity index (χ0) is 14.4. The molecule has 0 saturated heterocycles. The predicted octanol–water partition coefficient (Wildman–Crippen LogP) is 3.63. The molecule has 0 bridgehead atoms. The van der Waals surface area contributed by atoms with Crippen molar-refractivity contribution in [3.63, 3.8) is 0 Å². The van der Waals surface area contributed by atoms with Crippen LogP contribution in [0.4, 0.5) is 0 Å². The van der Waals surface area contributed by atoms with Gasteiger partial charge in [0.05, 0.1) is 12.6 Å². The van der Waals surface area contributed by atoms with E-state index >= 15 is 0 Å². The first-order chi connectivity index (χ1) is 9.76. The van der Waals surface area contributed by atoms with Crippen LogP contribution in [0.15, 0.2) is 48.5 Å². The number of hydrogen-bond donors (Lipinski definition) is 2. The van der Waals surface area contributed by atoms with Crippen molar-refractivity contribution in [2.45, 2.75) is 19.4 Å². The molecular formula is C16H19IN2O. The van der Waals surface area contributed by atoms with Crippen LogP contribution in [0.25, 0.3) is 0 Å². The molecule has 106 valence electrons. The third-order valence-electron chi connectivity index (χ3n) is 3.04. The Morgan fingerprint density at radius 3 is 2.70 bits per heavy atom. The topological polar surface area (TPSA) is 47.3 Å². The van der Waals surface area contributed by atoms with E-state index in [1.54, 1.807) is 0 Å². The minimum absolute atomic E-state index is 0.0715. The maximum atomic E-state index is 5.82. The molecule has 0 aliphatic carbocycles. The zero-order valence-corrected chi connectivity index (χ0v) is 13.6. The first-order valence-corrected chi connectivity index (χ1v) is 7.77. The van der Waals surface area contributed by atoms with Crippen LogP contribution in [0.5, 0.6) is 5.75 Å². The second-order valence-electron chi connectivity index (χ2n) is 4.54. The minimum Gasteiger partial charge on any atom is -0.493 e. The van der Waals surface area contributed by atoms with Gasteiger partial charge in [0.2, 0.25) is 0 Å². The number of nitrogens with two attached hydrogens (primary N) is 1. The highest BCUT2D eigenvalue weighted by Gasteiger charge is 2.16. The van der Waals surface area contributed by atoms with E-state index in [1.807, 2.05) is 24.3 Å². The fourth-order valence-corrected chi connectivity index (χ4v) is 2.68. The maximum Gasteiger partial charge on any atom is 0.124 e. The summed E-state index contributed by atoms with van der Waals surface area (Å²) in [6.07, 6.45) is 0.984. The summed E-state index contributed by atoms with van der Waals surface area (Å²) in [4.78, 5) is 0. The molecule has 0 aliphatic heterocycles. The summed E-state index contributed by atoms with van der Waals surface area (Å²) in [5.41, 5.74) is 5.09. The summed E-state index contributed by atoms with van der Waals surface area (Å²) in [5, 5.41) is 0. The van der Waals surface area contributed by atoms with Gasteiger partial charge in [-0.25, -0.2) is 5.43 Å². The number of halogens is 1. The Hall–Kier alpha value is -1.11. The third-order valence-corrected chi connectivity index (χ3v) is 3.71. The third kappa shape index (κ3) is 3.71. The van der Waals surface area contributed by atoms with Crippen molar-refractivity contribution in [1.29, 1.82) is 0 Å². The summed E-state index contributed by atoms with van der Waals surface area (Å²) in [6.45, 7) is 2.81. The molecule has 2 aromatic carbocycles. The molecule has 0 saturated carbocycles. The Labute approximate surface area is 133 Å². The van der Waals surface area contributed by atoms with Crippen LogP contribution >= 0.6 is 22.6 Å². The molecule has 2 aromatic rings. The van der Waals surface area contributed by atoms with E-state index in [0.717, 1.165) is 23.3 Å². The maximum absolute atomic E-state index is 5.82. The van der Waals surface area contributed by atoms with Crippen molar-refractivity contribution in [3.8, 4) is 5.75 Å². The number of nitrogens with one attached hydrogen (secondary N) is 1. The molecule has 3 nitrogen and oxygen atoms in total. The Balaban J connectivity index is 2.36. The molecule has 0 heterocycles. The Morgan fingerprint density at radius 2 is 2.00 bits per heavy atom. The number of benzene rings is 2. The number of ether oxygens (including phenoxy) is 1. The van der Waals surface area contributed by atoms with Crippen molar-refractivity contribution >= 4 is 22.6 Å². The van der Waals surface area contributed by atoms with Gasteiger partial charge in [0.25, 0.3) is 0 Å². The van der Waals surface area contributed by atoms with Crippen LogP contribution in [0.2, 0.25) is 0 Å². The van der Waals surface area contributed by atoms with Gasteiger partial charge in [-0.1, -0.05) is 37.3 Å². The first-order valence-electron chi connectivity index (χ1n) is 6.69. The SMILES string of the molecule is CCCOc1ccccc1C(NN)c1cccc(I)c1. The molecule has 1 unspecified atom stereocenters. The van der Waals surface area contributed by atoms with Gasteiger partial charge in [-0.3, -0.25) is 5.84 Å². The van der Waals surface area contributed by atoms with Gasteiger partial charge < -0.3 is 4.74 Å². The Kier molecular flexibility index (Phi) is 5.82. The van der Waals surface area contributed by atoms with Crippen molar-refractivity contribution in [2.75, 3.05) is 6.61 Å². The quantitative estimate of drug-likeness (QED) is 0.456. The summed E-state index contributed by atoms with van der Waals surface area (Å²) in [7, 11) is 0. The number of rotatable bonds is 6. The standard InChI is InChI=1S/C16H19IN2O/c1-2-10-20-15-9-4-3-8-14(15)16(19-18)12-6-5-7-13(17)11-12/h3-9,11,16,19H,2,10,18H2,1H3. The number of hydrazine groups is 1. The van der Waals surface area contributed by atoms with Crippen molar-refractivity contribution in [3.05, 3.63) is 63.2 Å². The highest BCUT2D eigenvalue weighted by Crippen LogP contribution is 2.30. The summed E-state index contributed by atoms with van der Waals surface area (Å²) >= 11 is 2.31. The van der Waals surface area contributed by atoms with Gasteiger partial charge in [0.1, 0.15) is 5.75 Å². The van der Waals surface area contributed by atoms with Gasteiger partial charge in [0, 0.05) is 9.13 Å². The van der Waals surface area contributed by atoms with E-state index in [-0.39, 0.29) is 6.04 Å². The fourth-order valence-electron chi connectivity index (χ4n) is 2.11. The normalized spacial score (nSPS) is 12.2. The zero-order valence-electron chi connectivity index (χ0n) is 11.5.